The molecule has 1 aliphatic rings. The van der Waals surface area contributed by atoms with E-state index in [0.29, 0.717) is 23.6 Å². The number of thiocarbonyl (C=S) groups is 1. The van der Waals surface area contributed by atoms with E-state index in [1.807, 2.05) is 0 Å². The van der Waals surface area contributed by atoms with Crippen LogP contribution in [-0.4, -0.2) is 40.6 Å². The van der Waals surface area contributed by atoms with Crippen LogP contribution in [0.2, 0.25) is 0 Å². The van der Waals surface area contributed by atoms with Crippen molar-refractivity contribution in [1.82, 2.24) is 4.90 Å². The van der Waals surface area contributed by atoms with Crippen LogP contribution in [0.4, 0.5) is 0 Å². The lowest BCUT2D eigenvalue weighted by atomic mass is 10.1. The molecule has 1 aliphatic heterocycles. The van der Waals surface area contributed by atoms with Crippen molar-refractivity contribution in [3.63, 3.8) is 0 Å². The van der Waals surface area contributed by atoms with Crippen molar-refractivity contribution >= 4 is 23.1 Å². The molecule has 1 heterocycles. The molecule has 1 fully saturated rings. The maximum Gasteiger partial charge on any atom is 0.253 e. The van der Waals surface area contributed by atoms with Gasteiger partial charge in [-0.25, -0.2) is 0 Å². The summed E-state index contributed by atoms with van der Waals surface area (Å²) in [4.78, 5) is 14.3. The smallest absolute Gasteiger partial charge is 0.253 e. The van der Waals surface area contributed by atoms with Gasteiger partial charge in [-0.1, -0.05) is 24.4 Å². The molecule has 1 aromatic carbocycles. The number of likely N-dealkylation sites (tertiary alicyclic amines) is 1. The van der Waals surface area contributed by atoms with Gasteiger partial charge in [0.1, 0.15) is 4.99 Å². The van der Waals surface area contributed by atoms with Gasteiger partial charge in [-0.2, -0.15) is 0 Å². The summed E-state index contributed by atoms with van der Waals surface area (Å²) in [6.45, 7) is 1.48. The number of carbonyl (C=O) groups is 1. The maximum absolute atomic E-state index is 12.2. The van der Waals surface area contributed by atoms with Crippen LogP contribution in [0.1, 0.15) is 22.3 Å². The minimum absolute atomic E-state index is 0.000407. The highest BCUT2D eigenvalue weighted by molar-refractivity contribution is 7.80. The van der Waals surface area contributed by atoms with Gasteiger partial charge in [0.2, 0.25) is 0 Å². The van der Waals surface area contributed by atoms with E-state index in [1.54, 1.807) is 29.2 Å². The summed E-state index contributed by atoms with van der Waals surface area (Å²) < 4.78 is 0. The van der Waals surface area contributed by atoms with Gasteiger partial charge in [-0.3, -0.25) is 4.79 Å². The van der Waals surface area contributed by atoms with E-state index in [1.165, 1.54) is 0 Å². The lowest BCUT2D eigenvalue weighted by Crippen LogP contribution is -2.29. The summed E-state index contributed by atoms with van der Waals surface area (Å²) in [6.07, 6.45) is 0.868. The summed E-state index contributed by atoms with van der Waals surface area (Å²) in [6, 6.07) is 7.00. The molecule has 0 spiro atoms. The molecule has 0 radical (unpaired) electrons. The van der Waals surface area contributed by atoms with E-state index >= 15 is 0 Å². The van der Waals surface area contributed by atoms with Crippen molar-refractivity contribution < 1.29 is 9.90 Å². The van der Waals surface area contributed by atoms with Gasteiger partial charge in [0.25, 0.3) is 5.91 Å². The van der Waals surface area contributed by atoms with Crippen LogP contribution in [0.5, 0.6) is 0 Å². The number of amides is 1. The molecule has 18 heavy (non-hydrogen) atoms. The van der Waals surface area contributed by atoms with E-state index in [0.717, 1.165) is 12.0 Å². The number of hydrogen-bond donors (Lipinski definition) is 2. The fraction of sp³-hybridized carbons (Fsp3) is 0.385. The Hall–Kier alpha value is -1.46. The van der Waals surface area contributed by atoms with Gasteiger partial charge >= 0.3 is 0 Å². The minimum Gasteiger partial charge on any atom is -0.396 e. The molecule has 4 nitrogen and oxygen atoms in total. The number of rotatable bonds is 3. The summed E-state index contributed by atoms with van der Waals surface area (Å²) in [5.74, 6) is 0.213. The van der Waals surface area contributed by atoms with Gasteiger partial charge in [0.05, 0.1) is 0 Å². The Balaban J connectivity index is 2.07. The van der Waals surface area contributed by atoms with Crippen molar-refractivity contribution in [3.8, 4) is 0 Å². The average molecular weight is 264 g/mol. The van der Waals surface area contributed by atoms with E-state index in [-0.39, 0.29) is 18.4 Å². The topological polar surface area (TPSA) is 66.6 Å². The van der Waals surface area contributed by atoms with Crippen LogP contribution in [0.25, 0.3) is 0 Å². The Kier molecular flexibility index (Phi) is 3.93. The van der Waals surface area contributed by atoms with E-state index in [9.17, 15) is 4.79 Å². The number of hydrogen-bond acceptors (Lipinski definition) is 3. The van der Waals surface area contributed by atoms with Gasteiger partial charge in [0.15, 0.2) is 0 Å². The Morgan fingerprint density at radius 1 is 1.39 bits per heavy atom. The molecule has 0 aromatic heterocycles. The van der Waals surface area contributed by atoms with Crippen LogP contribution in [0.15, 0.2) is 24.3 Å². The Morgan fingerprint density at radius 2 is 2.00 bits per heavy atom. The molecule has 0 saturated carbocycles. The summed E-state index contributed by atoms with van der Waals surface area (Å²) in [5, 5.41) is 9.07. The zero-order valence-corrected chi connectivity index (χ0v) is 10.8. The normalized spacial score (nSPS) is 18.9. The van der Waals surface area contributed by atoms with Crippen molar-refractivity contribution in [2.75, 3.05) is 19.7 Å². The predicted molar refractivity (Wildman–Crippen MR) is 73.4 cm³/mol. The monoisotopic (exact) mass is 264 g/mol. The number of nitrogens with two attached hydrogens (primary N) is 1. The summed E-state index contributed by atoms with van der Waals surface area (Å²) in [7, 11) is 0. The predicted octanol–water partition coefficient (Wildman–Crippen LogP) is 0.775. The highest BCUT2D eigenvalue weighted by Gasteiger charge is 2.26. The number of carbonyl (C=O) groups excluding carboxylic acids is 1. The molecule has 1 unspecified atom stereocenters. The molecule has 0 aliphatic carbocycles. The quantitative estimate of drug-likeness (QED) is 0.792. The molecule has 2 rings (SSSR count). The molecule has 1 aromatic rings. The molecular weight excluding hydrogens is 248 g/mol. The van der Waals surface area contributed by atoms with Crippen LogP contribution >= 0.6 is 12.2 Å². The zero-order chi connectivity index (χ0) is 13.1. The largest absolute Gasteiger partial charge is 0.396 e. The van der Waals surface area contributed by atoms with Crippen LogP contribution in [0.3, 0.4) is 0 Å². The first kappa shape index (κ1) is 13.0. The van der Waals surface area contributed by atoms with Gasteiger partial charge in [0, 0.05) is 36.7 Å². The van der Waals surface area contributed by atoms with Crippen LogP contribution in [0, 0.1) is 5.92 Å². The maximum atomic E-state index is 12.2. The van der Waals surface area contributed by atoms with Crippen molar-refractivity contribution in [2.45, 2.75) is 6.42 Å². The van der Waals surface area contributed by atoms with E-state index in [4.69, 9.17) is 23.1 Å². The summed E-state index contributed by atoms with van der Waals surface area (Å²) in [5.41, 5.74) is 6.90. The third kappa shape index (κ3) is 2.68. The molecule has 1 amide bonds. The molecule has 1 atom stereocenters. The minimum atomic E-state index is 0.000407. The SMILES string of the molecule is NC(=S)c1ccc(C(=O)N2CCC(CO)C2)cc1. The first-order valence-electron chi connectivity index (χ1n) is 5.92. The van der Waals surface area contributed by atoms with Crippen molar-refractivity contribution in [1.29, 1.82) is 0 Å². The Labute approximate surface area is 111 Å². The second-order valence-electron chi connectivity index (χ2n) is 4.53. The Bertz CT molecular complexity index is 459. The number of aliphatic hydroxyl groups is 1. The molecule has 3 N–H and O–H groups in total. The van der Waals surface area contributed by atoms with Crippen molar-refractivity contribution in [2.24, 2.45) is 11.7 Å². The molecule has 5 heteroatoms. The first-order valence-corrected chi connectivity index (χ1v) is 6.32. The van der Waals surface area contributed by atoms with E-state index < -0.39 is 0 Å². The molecule has 0 bridgehead atoms. The van der Waals surface area contributed by atoms with E-state index in [2.05, 4.69) is 0 Å². The summed E-state index contributed by atoms with van der Waals surface area (Å²) >= 11 is 4.86. The van der Waals surface area contributed by atoms with Crippen LogP contribution < -0.4 is 5.73 Å². The number of aliphatic hydroxyl groups excluding tert-OH is 1. The molecule has 96 valence electrons. The number of benzene rings is 1. The Morgan fingerprint density at radius 3 is 2.50 bits per heavy atom. The van der Waals surface area contributed by atoms with Gasteiger partial charge in [-0.05, 0) is 18.6 Å². The lowest BCUT2D eigenvalue weighted by Gasteiger charge is -2.16. The number of nitrogens with zero attached hydrogens (tertiary/aromatic N) is 1. The van der Waals surface area contributed by atoms with Gasteiger partial charge < -0.3 is 15.7 Å². The van der Waals surface area contributed by atoms with Crippen LogP contribution in [-0.2, 0) is 0 Å². The second kappa shape index (κ2) is 5.46. The highest BCUT2D eigenvalue weighted by atomic mass is 32.1. The third-order valence-corrected chi connectivity index (χ3v) is 3.48. The molecule has 1 saturated heterocycles. The molecular formula is C13H16N2O2S. The highest BCUT2D eigenvalue weighted by Crippen LogP contribution is 2.18. The van der Waals surface area contributed by atoms with Gasteiger partial charge in [-0.15, -0.1) is 0 Å². The fourth-order valence-electron chi connectivity index (χ4n) is 2.13. The fourth-order valence-corrected chi connectivity index (χ4v) is 2.26. The zero-order valence-electron chi connectivity index (χ0n) is 10.0. The average Bonchev–Trinajstić information content (AvgIpc) is 2.86. The third-order valence-electron chi connectivity index (χ3n) is 3.25. The lowest BCUT2D eigenvalue weighted by molar-refractivity contribution is 0.0782. The first-order chi connectivity index (χ1) is 8.61. The van der Waals surface area contributed by atoms with Crippen molar-refractivity contribution in [3.05, 3.63) is 35.4 Å². The second-order valence-corrected chi connectivity index (χ2v) is 4.97. The standard InChI is InChI=1S/C13H16N2O2S/c14-12(18)10-1-3-11(4-2-10)13(17)15-6-5-9(7-15)8-16/h1-4,9,16H,5-8H2,(H2,14,18).